The first-order valence-corrected chi connectivity index (χ1v) is 12.4. The summed E-state index contributed by atoms with van der Waals surface area (Å²) in [6.07, 6.45) is 11.5. The average molecular weight is 400 g/mol. The standard InChI is InChI=1S/C24H37N3O2/c28-22(26-6-3-19-14-25-15-20(19)4-7-26)21-2-1-5-27(21)23(29)24-11-16-8-17(12-24)10-18(9-16)13-24/h16-21,25H,1-15H2/t16?,17?,18?,19-,20+,21?,24?. The number of hydrogen-bond acceptors (Lipinski definition) is 3. The van der Waals surface area contributed by atoms with Crippen molar-refractivity contribution in [2.24, 2.45) is 35.0 Å². The summed E-state index contributed by atoms with van der Waals surface area (Å²) in [5.74, 6) is 4.43. The second kappa shape index (κ2) is 6.96. The highest BCUT2D eigenvalue weighted by Crippen LogP contribution is 2.60. The van der Waals surface area contributed by atoms with Crippen LogP contribution < -0.4 is 5.32 Å². The van der Waals surface area contributed by atoms with E-state index in [2.05, 4.69) is 15.1 Å². The number of nitrogens with zero attached hydrogens (tertiary/aromatic N) is 2. The molecule has 1 unspecified atom stereocenters. The Kier molecular flexibility index (Phi) is 4.48. The molecule has 0 aromatic carbocycles. The van der Waals surface area contributed by atoms with E-state index < -0.39 is 0 Å². The zero-order chi connectivity index (χ0) is 19.6. The van der Waals surface area contributed by atoms with Crippen LogP contribution in [0, 0.1) is 35.0 Å². The van der Waals surface area contributed by atoms with Crippen molar-refractivity contribution in [3.63, 3.8) is 0 Å². The van der Waals surface area contributed by atoms with Crippen molar-refractivity contribution in [1.82, 2.24) is 15.1 Å². The number of likely N-dealkylation sites (tertiary alicyclic amines) is 2. The summed E-state index contributed by atoms with van der Waals surface area (Å²) in [5.41, 5.74) is -0.112. The van der Waals surface area contributed by atoms with Crippen LogP contribution in [0.4, 0.5) is 0 Å². The molecular weight excluding hydrogens is 362 g/mol. The maximum atomic E-state index is 13.9. The lowest BCUT2D eigenvalue weighted by Gasteiger charge is -2.56. The molecule has 7 rings (SSSR count). The van der Waals surface area contributed by atoms with Crippen molar-refractivity contribution in [2.75, 3.05) is 32.7 Å². The van der Waals surface area contributed by atoms with Crippen molar-refractivity contribution in [3.8, 4) is 0 Å². The summed E-state index contributed by atoms with van der Waals surface area (Å²) < 4.78 is 0. The number of hydrogen-bond donors (Lipinski definition) is 1. The number of carbonyl (C=O) groups excluding carboxylic acids is 2. The number of amides is 2. The minimum absolute atomic E-state index is 0.112. The fraction of sp³-hybridized carbons (Fsp3) is 0.917. The SMILES string of the molecule is O=C(C1CCCN1C(=O)C12CC3CC(CC(C3)C1)C2)N1CC[C@@H]2CNC[C@@H]2CC1. The molecule has 3 saturated heterocycles. The Morgan fingerprint density at radius 3 is 1.97 bits per heavy atom. The van der Waals surface area contributed by atoms with Gasteiger partial charge in [-0.3, -0.25) is 9.59 Å². The zero-order valence-electron chi connectivity index (χ0n) is 17.8. The van der Waals surface area contributed by atoms with Crippen molar-refractivity contribution in [2.45, 2.75) is 70.3 Å². The first kappa shape index (κ1) is 18.7. The predicted octanol–water partition coefficient (Wildman–Crippen LogP) is 2.65. The second-order valence-corrected chi connectivity index (χ2v) is 11.4. The summed E-state index contributed by atoms with van der Waals surface area (Å²) in [6, 6.07) is -0.174. The monoisotopic (exact) mass is 399 g/mol. The Labute approximate surface area is 174 Å². The predicted molar refractivity (Wildman–Crippen MR) is 111 cm³/mol. The van der Waals surface area contributed by atoms with E-state index in [1.165, 1.54) is 19.3 Å². The Balaban J connectivity index is 1.17. The third kappa shape index (κ3) is 3.05. The van der Waals surface area contributed by atoms with E-state index >= 15 is 0 Å². The lowest BCUT2D eigenvalue weighted by atomic mass is 9.49. The van der Waals surface area contributed by atoms with E-state index in [1.807, 2.05) is 0 Å². The number of fused-ring (bicyclic) bond motifs is 1. The summed E-state index contributed by atoms with van der Waals surface area (Å²) in [4.78, 5) is 31.6. The summed E-state index contributed by atoms with van der Waals surface area (Å²) in [5, 5.41) is 3.52. The van der Waals surface area contributed by atoms with Gasteiger partial charge in [-0.2, -0.15) is 0 Å². The lowest BCUT2D eigenvalue weighted by Crippen LogP contribution is -2.57. The quantitative estimate of drug-likeness (QED) is 0.777. The van der Waals surface area contributed by atoms with Gasteiger partial charge in [-0.15, -0.1) is 0 Å². The molecule has 0 spiro atoms. The molecule has 0 aromatic heterocycles. The van der Waals surface area contributed by atoms with Gasteiger partial charge >= 0.3 is 0 Å². The number of nitrogens with one attached hydrogen (secondary N) is 1. The summed E-state index contributed by atoms with van der Waals surface area (Å²) >= 11 is 0. The van der Waals surface area contributed by atoms with Crippen LogP contribution in [0.1, 0.15) is 64.2 Å². The molecule has 4 aliphatic carbocycles. The molecular formula is C24H37N3O2. The number of rotatable bonds is 2. The van der Waals surface area contributed by atoms with E-state index in [1.54, 1.807) is 0 Å². The number of carbonyl (C=O) groups is 2. The van der Waals surface area contributed by atoms with Gasteiger partial charge in [-0.1, -0.05) is 0 Å². The molecule has 7 fully saturated rings. The van der Waals surface area contributed by atoms with E-state index in [-0.39, 0.29) is 17.4 Å². The van der Waals surface area contributed by atoms with E-state index in [0.717, 1.165) is 107 Å². The van der Waals surface area contributed by atoms with Gasteiger partial charge in [0.1, 0.15) is 6.04 Å². The lowest BCUT2D eigenvalue weighted by molar-refractivity contribution is -0.162. The Morgan fingerprint density at radius 1 is 0.793 bits per heavy atom. The molecule has 0 radical (unpaired) electrons. The molecule has 4 bridgehead atoms. The molecule has 3 heterocycles. The molecule has 4 saturated carbocycles. The average Bonchev–Trinajstić information content (AvgIpc) is 3.31. The van der Waals surface area contributed by atoms with Crippen LogP contribution in [0.25, 0.3) is 0 Å². The van der Waals surface area contributed by atoms with Crippen molar-refractivity contribution >= 4 is 11.8 Å². The van der Waals surface area contributed by atoms with Gasteiger partial charge in [0.15, 0.2) is 0 Å². The normalized spacial score (nSPS) is 46.1. The minimum Gasteiger partial charge on any atom is -0.341 e. The third-order valence-corrected chi connectivity index (χ3v) is 9.62. The van der Waals surface area contributed by atoms with Crippen LogP contribution in [0.3, 0.4) is 0 Å². The Morgan fingerprint density at radius 2 is 1.38 bits per heavy atom. The van der Waals surface area contributed by atoms with Crippen LogP contribution >= 0.6 is 0 Å². The molecule has 5 heteroatoms. The molecule has 3 aliphatic heterocycles. The van der Waals surface area contributed by atoms with Crippen LogP contribution in [-0.2, 0) is 9.59 Å². The fourth-order valence-corrected chi connectivity index (χ4v) is 8.59. The van der Waals surface area contributed by atoms with Crippen molar-refractivity contribution in [3.05, 3.63) is 0 Å². The molecule has 2 amide bonds. The van der Waals surface area contributed by atoms with Crippen LogP contribution in [0.2, 0.25) is 0 Å². The first-order chi connectivity index (χ1) is 14.1. The van der Waals surface area contributed by atoms with Crippen LogP contribution in [0.5, 0.6) is 0 Å². The fourth-order valence-electron chi connectivity index (χ4n) is 8.59. The van der Waals surface area contributed by atoms with Gasteiger partial charge in [0.25, 0.3) is 0 Å². The van der Waals surface area contributed by atoms with Crippen molar-refractivity contribution in [1.29, 1.82) is 0 Å². The van der Waals surface area contributed by atoms with Crippen LogP contribution in [0.15, 0.2) is 0 Å². The maximum absolute atomic E-state index is 13.9. The van der Waals surface area contributed by atoms with Gasteiger partial charge in [0.2, 0.25) is 11.8 Å². The molecule has 160 valence electrons. The summed E-state index contributed by atoms with van der Waals surface area (Å²) in [7, 11) is 0. The van der Waals surface area contributed by atoms with E-state index in [4.69, 9.17) is 0 Å². The van der Waals surface area contributed by atoms with Crippen LogP contribution in [-0.4, -0.2) is 60.4 Å². The minimum atomic E-state index is -0.174. The molecule has 29 heavy (non-hydrogen) atoms. The van der Waals surface area contributed by atoms with E-state index in [0.29, 0.717) is 5.91 Å². The maximum Gasteiger partial charge on any atom is 0.245 e. The highest BCUT2D eigenvalue weighted by molar-refractivity contribution is 5.91. The van der Waals surface area contributed by atoms with Gasteiger partial charge in [0, 0.05) is 19.6 Å². The Bertz CT molecular complexity index is 642. The van der Waals surface area contributed by atoms with Gasteiger partial charge in [0.05, 0.1) is 5.41 Å². The zero-order valence-corrected chi connectivity index (χ0v) is 17.8. The van der Waals surface area contributed by atoms with Gasteiger partial charge < -0.3 is 15.1 Å². The largest absolute Gasteiger partial charge is 0.341 e. The molecule has 0 aromatic rings. The summed E-state index contributed by atoms with van der Waals surface area (Å²) in [6.45, 7) is 4.81. The smallest absolute Gasteiger partial charge is 0.245 e. The highest BCUT2D eigenvalue weighted by Gasteiger charge is 2.57. The Hall–Kier alpha value is -1.10. The molecule has 1 N–H and O–H groups in total. The van der Waals surface area contributed by atoms with E-state index in [9.17, 15) is 9.59 Å². The molecule has 7 aliphatic rings. The second-order valence-electron chi connectivity index (χ2n) is 11.4. The van der Waals surface area contributed by atoms with Gasteiger partial charge in [-0.05, 0) is 107 Å². The highest BCUT2D eigenvalue weighted by atomic mass is 16.2. The van der Waals surface area contributed by atoms with Crippen molar-refractivity contribution < 1.29 is 9.59 Å². The third-order valence-electron chi connectivity index (χ3n) is 9.62. The molecule has 3 atom stereocenters. The van der Waals surface area contributed by atoms with Gasteiger partial charge in [-0.25, -0.2) is 0 Å². The molecule has 5 nitrogen and oxygen atoms in total. The first-order valence-electron chi connectivity index (χ1n) is 12.4. The topological polar surface area (TPSA) is 52.7 Å².